The fourth-order valence-electron chi connectivity index (χ4n) is 3.54. The van der Waals surface area contributed by atoms with Gasteiger partial charge in [-0.15, -0.1) is 0 Å². The van der Waals surface area contributed by atoms with E-state index < -0.39 is 0 Å². The lowest BCUT2D eigenvalue weighted by Crippen LogP contribution is -2.42. The first kappa shape index (κ1) is 17.6. The molecule has 0 bridgehead atoms. The lowest BCUT2D eigenvalue weighted by molar-refractivity contribution is 0.153. The number of benzene rings is 1. The van der Waals surface area contributed by atoms with Crippen molar-refractivity contribution in [3.8, 4) is 0 Å². The summed E-state index contributed by atoms with van der Waals surface area (Å²) in [5.41, 5.74) is 6.62. The molecule has 132 valence electrons. The normalized spacial score (nSPS) is 24.2. The quantitative estimate of drug-likeness (QED) is 0.780. The summed E-state index contributed by atoms with van der Waals surface area (Å²) in [6, 6.07) is 3.13. The molecule has 0 aromatic heterocycles. The number of nitrogens with two attached hydrogens (primary N) is 1. The number of carbonyl (C=O) groups is 1. The molecule has 0 aliphatic carbocycles. The van der Waals surface area contributed by atoms with Crippen molar-refractivity contribution < 1.29 is 9.53 Å². The van der Waals surface area contributed by atoms with E-state index in [9.17, 15) is 4.79 Å². The fourth-order valence-corrected chi connectivity index (χ4v) is 4.03. The van der Waals surface area contributed by atoms with Gasteiger partial charge in [0.25, 0.3) is 0 Å². The van der Waals surface area contributed by atoms with Gasteiger partial charge in [-0.25, -0.2) is 4.79 Å². The van der Waals surface area contributed by atoms with Gasteiger partial charge in [0.15, 0.2) is 0 Å². The van der Waals surface area contributed by atoms with E-state index in [1.165, 1.54) is 6.42 Å². The Morgan fingerprint density at radius 1 is 1.29 bits per heavy atom. The number of anilines is 2. The van der Waals surface area contributed by atoms with Crippen LogP contribution in [0.1, 0.15) is 25.7 Å². The highest BCUT2D eigenvalue weighted by atomic mass is 35.5. The standard InChI is InChI=1S/C17H23Cl2N3O2/c18-14-7-13(8-15(19)16(14)20)21-17(23)22-4-1-2-11(9-22)6-12-3-5-24-10-12/h7-8,11-12H,1-6,9-10,20H2,(H,21,23). The third-order valence-corrected chi connectivity index (χ3v) is 5.45. The molecule has 2 heterocycles. The molecule has 2 fully saturated rings. The Morgan fingerprint density at radius 2 is 2.04 bits per heavy atom. The van der Waals surface area contributed by atoms with Gasteiger partial charge in [-0.05, 0) is 49.7 Å². The van der Waals surface area contributed by atoms with E-state index in [0.29, 0.717) is 33.3 Å². The molecule has 24 heavy (non-hydrogen) atoms. The van der Waals surface area contributed by atoms with Crippen molar-refractivity contribution in [3.05, 3.63) is 22.2 Å². The van der Waals surface area contributed by atoms with E-state index in [0.717, 1.165) is 45.6 Å². The van der Waals surface area contributed by atoms with Crippen LogP contribution in [0.3, 0.4) is 0 Å². The monoisotopic (exact) mass is 371 g/mol. The van der Waals surface area contributed by atoms with Crippen LogP contribution in [0.25, 0.3) is 0 Å². The molecule has 3 rings (SSSR count). The van der Waals surface area contributed by atoms with Crippen LogP contribution in [0.5, 0.6) is 0 Å². The van der Waals surface area contributed by atoms with Crippen molar-refractivity contribution in [3.63, 3.8) is 0 Å². The minimum atomic E-state index is -0.112. The van der Waals surface area contributed by atoms with Gasteiger partial charge in [0.05, 0.1) is 15.7 Å². The Morgan fingerprint density at radius 3 is 2.71 bits per heavy atom. The highest BCUT2D eigenvalue weighted by Crippen LogP contribution is 2.32. The number of nitrogens with zero attached hydrogens (tertiary/aromatic N) is 1. The largest absolute Gasteiger partial charge is 0.396 e. The summed E-state index contributed by atoms with van der Waals surface area (Å²) >= 11 is 12.0. The maximum Gasteiger partial charge on any atom is 0.321 e. The molecule has 7 heteroatoms. The SMILES string of the molecule is Nc1c(Cl)cc(NC(=O)N2CCCC(CC3CCOC3)C2)cc1Cl. The van der Waals surface area contributed by atoms with Crippen LogP contribution in [0.15, 0.2) is 12.1 Å². The Kier molecular flexibility index (Phi) is 5.74. The second-order valence-corrected chi connectivity index (χ2v) is 7.52. The number of nitrogen functional groups attached to an aromatic ring is 1. The average molecular weight is 372 g/mol. The lowest BCUT2D eigenvalue weighted by Gasteiger charge is -2.33. The number of hydrogen-bond acceptors (Lipinski definition) is 3. The molecule has 2 aliphatic heterocycles. The van der Waals surface area contributed by atoms with E-state index in [1.807, 2.05) is 4.90 Å². The predicted octanol–water partition coefficient (Wildman–Crippen LogP) is 4.25. The third-order valence-electron chi connectivity index (χ3n) is 4.83. The summed E-state index contributed by atoms with van der Waals surface area (Å²) in [7, 11) is 0. The molecule has 2 atom stereocenters. The van der Waals surface area contributed by atoms with Crippen molar-refractivity contribution in [2.24, 2.45) is 11.8 Å². The molecule has 0 saturated carbocycles. The number of hydrogen-bond donors (Lipinski definition) is 2. The smallest absolute Gasteiger partial charge is 0.321 e. The average Bonchev–Trinajstić information content (AvgIpc) is 3.05. The van der Waals surface area contributed by atoms with Crippen molar-refractivity contribution >= 4 is 40.6 Å². The van der Waals surface area contributed by atoms with Crippen LogP contribution in [0.4, 0.5) is 16.2 Å². The molecule has 1 aromatic carbocycles. The topological polar surface area (TPSA) is 67.6 Å². The van der Waals surface area contributed by atoms with Gasteiger partial charge in [-0.2, -0.15) is 0 Å². The first-order valence-electron chi connectivity index (χ1n) is 8.41. The number of likely N-dealkylation sites (tertiary alicyclic amines) is 1. The van der Waals surface area contributed by atoms with Crippen molar-refractivity contribution in [2.75, 3.05) is 37.4 Å². The molecule has 2 amide bonds. The molecular formula is C17H23Cl2N3O2. The van der Waals surface area contributed by atoms with E-state index >= 15 is 0 Å². The summed E-state index contributed by atoms with van der Waals surface area (Å²) in [5, 5.41) is 3.56. The number of urea groups is 1. The van der Waals surface area contributed by atoms with E-state index in [4.69, 9.17) is 33.7 Å². The Labute approximate surface area is 152 Å². The number of piperidine rings is 1. The Hall–Kier alpha value is -1.17. The van der Waals surface area contributed by atoms with Crippen LogP contribution in [0, 0.1) is 11.8 Å². The minimum absolute atomic E-state index is 0.112. The highest BCUT2D eigenvalue weighted by Gasteiger charge is 2.27. The second-order valence-electron chi connectivity index (χ2n) is 6.70. The summed E-state index contributed by atoms with van der Waals surface area (Å²) in [6.07, 6.45) is 4.50. The highest BCUT2D eigenvalue weighted by molar-refractivity contribution is 6.39. The number of carbonyl (C=O) groups excluding carboxylic acids is 1. The molecule has 0 radical (unpaired) electrons. The summed E-state index contributed by atoms with van der Waals surface area (Å²) in [6.45, 7) is 3.31. The number of rotatable bonds is 3. The zero-order valence-corrected chi connectivity index (χ0v) is 15.1. The lowest BCUT2D eigenvalue weighted by atomic mass is 9.88. The van der Waals surface area contributed by atoms with Gasteiger partial charge in [0.2, 0.25) is 0 Å². The van der Waals surface area contributed by atoms with Gasteiger partial charge < -0.3 is 20.7 Å². The third kappa shape index (κ3) is 4.26. The van der Waals surface area contributed by atoms with E-state index in [-0.39, 0.29) is 6.03 Å². The molecule has 3 N–H and O–H groups in total. The van der Waals surface area contributed by atoms with Crippen LogP contribution in [-0.4, -0.2) is 37.2 Å². The number of amides is 2. The molecule has 2 unspecified atom stereocenters. The first-order valence-corrected chi connectivity index (χ1v) is 9.16. The number of ether oxygens (including phenoxy) is 1. The van der Waals surface area contributed by atoms with Gasteiger partial charge in [0.1, 0.15) is 0 Å². The molecule has 2 aliphatic rings. The zero-order chi connectivity index (χ0) is 17.1. The Balaban J connectivity index is 1.58. The molecule has 2 saturated heterocycles. The van der Waals surface area contributed by atoms with Gasteiger partial charge in [-0.1, -0.05) is 23.2 Å². The zero-order valence-electron chi connectivity index (χ0n) is 13.6. The van der Waals surface area contributed by atoms with Gasteiger partial charge in [0, 0.05) is 32.0 Å². The van der Waals surface area contributed by atoms with Gasteiger partial charge in [-0.3, -0.25) is 0 Å². The number of nitrogens with one attached hydrogen (secondary N) is 1. The molecular weight excluding hydrogens is 349 g/mol. The predicted molar refractivity (Wildman–Crippen MR) is 97.7 cm³/mol. The van der Waals surface area contributed by atoms with E-state index in [1.54, 1.807) is 12.1 Å². The van der Waals surface area contributed by atoms with Crippen LogP contribution >= 0.6 is 23.2 Å². The summed E-state index contributed by atoms with van der Waals surface area (Å²) < 4.78 is 5.46. The minimum Gasteiger partial charge on any atom is -0.396 e. The Bertz CT molecular complexity index is 582. The maximum absolute atomic E-state index is 12.5. The summed E-state index contributed by atoms with van der Waals surface area (Å²) in [5.74, 6) is 1.20. The van der Waals surface area contributed by atoms with Crippen molar-refractivity contribution in [2.45, 2.75) is 25.7 Å². The van der Waals surface area contributed by atoms with Crippen LogP contribution in [0.2, 0.25) is 10.0 Å². The van der Waals surface area contributed by atoms with E-state index in [2.05, 4.69) is 5.32 Å². The van der Waals surface area contributed by atoms with Crippen molar-refractivity contribution in [1.29, 1.82) is 0 Å². The van der Waals surface area contributed by atoms with Crippen molar-refractivity contribution in [1.82, 2.24) is 4.90 Å². The first-order chi connectivity index (χ1) is 11.5. The van der Waals surface area contributed by atoms with Gasteiger partial charge >= 0.3 is 6.03 Å². The van der Waals surface area contributed by atoms with Crippen LogP contribution in [-0.2, 0) is 4.74 Å². The second kappa shape index (κ2) is 7.81. The molecule has 1 aromatic rings. The molecule has 5 nitrogen and oxygen atoms in total. The molecule has 0 spiro atoms. The summed E-state index contributed by atoms with van der Waals surface area (Å²) in [4.78, 5) is 14.4. The van der Waals surface area contributed by atoms with Crippen LogP contribution < -0.4 is 11.1 Å². The fraction of sp³-hybridized carbons (Fsp3) is 0.588. The maximum atomic E-state index is 12.5. The number of halogens is 2.